The normalized spacial score (nSPS) is 16.3. The Bertz CT molecular complexity index is 688. The highest BCUT2D eigenvalue weighted by molar-refractivity contribution is 7.89. The number of rotatable bonds is 7. The van der Waals surface area contributed by atoms with E-state index in [0.29, 0.717) is 5.56 Å². The molecule has 1 aliphatic rings. The van der Waals surface area contributed by atoms with E-state index < -0.39 is 16.0 Å². The molecule has 0 aromatic heterocycles. The van der Waals surface area contributed by atoms with Crippen LogP contribution in [0.1, 0.15) is 48.5 Å². The van der Waals surface area contributed by atoms with Crippen LogP contribution in [0.25, 0.3) is 0 Å². The van der Waals surface area contributed by atoms with Crippen molar-refractivity contribution in [1.29, 1.82) is 0 Å². The molecule has 0 saturated heterocycles. The molecule has 1 saturated carbocycles. The molecule has 0 aliphatic heterocycles. The van der Waals surface area contributed by atoms with E-state index >= 15 is 0 Å². The van der Waals surface area contributed by atoms with Gasteiger partial charge >= 0.3 is 5.97 Å². The van der Waals surface area contributed by atoms with Gasteiger partial charge in [0, 0.05) is 12.6 Å². The van der Waals surface area contributed by atoms with Gasteiger partial charge in [-0.2, -0.15) is 0 Å². The number of hydrogen-bond donors (Lipinski definition) is 2. The van der Waals surface area contributed by atoms with Gasteiger partial charge in [0.05, 0.1) is 17.1 Å². The lowest BCUT2D eigenvalue weighted by Crippen LogP contribution is -2.44. The third kappa shape index (κ3) is 5.41. The fraction of sp³-hybridized carbons (Fsp3) is 0.588. The second-order valence-electron chi connectivity index (χ2n) is 6.21. The van der Waals surface area contributed by atoms with Crippen molar-refractivity contribution in [1.82, 2.24) is 4.72 Å². The summed E-state index contributed by atoms with van der Waals surface area (Å²) in [6.07, 6.45) is 4.21. The van der Waals surface area contributed by atoms with Gasteiger partial charge < -0.3 is 10.5 Å². The highest BCUT2D eigenvalue weighted by atomic mass is 35.5. The second-order valence-corrected chi connectivity index (χ2v) is 7.89. The van der Waals surface area contributed by atoms with Crippen LogP contribution in [0.5, 0.6) is 0 Å². The Balaban J connectivity index is 0.00000312. The SMILES string of the molecule is CCOC(=O)c1ccc(C)c(S(=O)(=O)NC(CN)C2CCCC2)c1.Cl. The summed E-state index contributed by atoms with van der Waals surface area (Å²) in [6, 6.07) is 4.29. The summed E-state index contributed by atoms with van der Waals surface area (Å²) in [5, 5.41) is 0. The molecular weight excluding hydrogens is 364 g/mol. The van der Waals surface area contributed by atoms with Crippen LogP contribution in [-0.4, -0.2) is 33.6 Å². The number of carbonyl (C=O) groups excluding carboxylic acids is 1. The van der Waals surface area contributed by atoms with E-state index in [-0.39, 0.29) is 48.0 Å². The number of aryl methyl sites for hydroxylation is 1. The molecule has 6 nitrogen and oxygen atoms in total. The van der Waals surface area contributed by atoms with Crippen LogP contribution < -0.4 is 10.5 Å². The second kappa shape index (κ2) is 9.52. The summed E-state index contributed by atoms with van der Waals surface area (Å²) in [5.74, 6) is -0.251. The minimum Gasteiger partial charge on any atom is -0.462 e. The van der Waals surface area contributed by atoms with Crippen molar-refractivity contribution in [2.45, 2.75) is 50.5 Å². The molecule has 8 heteroatoms. The van der Waals surface area contributed by atoms with Gasteiger partial charge in [0.15, 0.2) is 0 Å². The van der Waals surface area contributed by atoms with Crippen LogP contribution in [0.15, 0.2) is 23.1 Å². The maximum Gasteiger partial charge on any atom is 0.338 e. The predicted molar refractivity (Wildman–Crippen MR) is 99.5 cm³/mol. The molecule has 1 aromatic rings. The van der Waals surface area contributed by atoms with Gasteiger partial charge in [-0.05, 0) is 50.3 Å². The van der Waals surface area contributed by atoms with Gasteiger partial charge in [0.25, 0.3) is 0 Å². The monoisotopic (exact) mass is 390 g/mol. The summed E-state index contributed by atoms with van der Waals surface area (Å²) in [7, 11) is -3.75. The lowest BCUT2D eigenvalue weighted by molar-refractivity contribution is 0.0526. The summed E-state index contributed by atoms with van der Waals surface area (Å²) in [4.78, 5) is 12.0. The van der Waals surface area contributed by atoms with E-state index in [4.69, 9.17) is 10.5 Å². The number of nitrogens with one attached hydrogen (secondary N) is 1. The molecule has 3 N–H and O–H groups in total. The number of benzene rings is 1. The highest BCUT2D eigenvalue weighted by Crippen LogP contribution is 2.28. The molecular formula is C17H27ClN2O4S. The zero-order chi connectivity index (χ0) is 17.7. The van der Waals surface area contributed by atoms with Crippen molar-refractivity contribution in [3.8, 4) is 0 Å². The standard InChI is InChI=1S/C17H26N2O4S.ClH/c1-3-23-17(20)14-9-8-12(2)16(10-14)24(21,22)19-15(11-18)13-6-4-5-7-13;/h8-10,13,15,19H,3-7,11,18H2,1-2H3;1H. The average Bonchev–Trinajstić information content (AvgIpc) is 3.07. The quantitative estimate of drug-likeness (QED) is 0.696. The molecule has 1 fully saturated rings. The maximum atomic E-state index is 12.8. The predicted octanol–water partition coefficient (Wildman–Crippen LogP) is 2.39. The molecule has 1 unspecified atom stereocenters. The van der Waals surface area contributed by atoms with E-state index in [9.17, 15) is 13.2 Å². The van der Waals surface area contributed by atoms with E-state index in [0.717, 1.165) is 25.7 Å². The molecule has 0 spiro atoms. The minimum atomic E-state index is -3.75. The highest BCUT2D eigenvalue weighted by Gasteiger charge is 2.29. The lowest BCUT2D eigenvalue weighted by atomic mass is 9.99. The van der Waals surface area contributed by atoms with Crippen molar-refractivity contribution >= 4 is 28.4 Å². The van der Waals surface area contributed by atoms with Crippen LogP contribution in [-0.2, 0) is 14.8 Å². The van der Waals surface area contributed by atoms with Crippen LogP contribution in [0.4, 0.5) is 0 Å². The zero-order valence-electron chi connectivity index (χ0n) is 14.7. The van der Waals surface area contributed by atoms with Crippen LogP contribution in [0.3, 0.4) is 0 Å². The molecule has 2 rings (SSSR count). The number of hydrogen-bond acceptors (Lipinski definition) is 5. The molecule has 142 valence electrons. The Kier molecular flexibility index (Phi) is 8.34. The fourth-order valence-corrected chi connectivity index (χ4v) is 4.78. The molecule has 0 bridgehead atoms. The van der Waals surface area contributed by atoms with E-state index in [1.807, 2.05) is 0 Å². The molecule has 1 aliphatic carbocycles. The number of ether oxygens (including phenoxy) is 1. The maximum absolute atomic E-state index is 12.8. The Morgan fingerprint density at radius 1 is 1.36 bits per heavy atom. The van der Waals surface area contributed by atoms with Gasteiger partial charge in [-0.1, -0.05) is 18.9 Å². The summed E-state index contributed by atoms with van der Waals surface area (Å²) in [6.45, 7) is 3.92. The molecule has 1 atom stereocenters. The molecule has 0 radical (unpaired) electrons. The molecule has 25 heavy (non-hydrogen) atoms. The third-order valence-corrected chi connectivity index (χ3v) is 6.15. The van der Waals surface area contributed by atoms with Crippen LogP contribution in [0.2, 0.25) is 0 Å². The molecule has 0 amide bonds. The molecule has 0 heterocycles. The Morgan fingerprint density at radius 3 is 2.56 bits per heavy atom. The number of nitrogens with two attached hydrogens (primary N) is 1. The third-order valence-electron chi connectivity index (χ3n) is 4.52. The van der Waals surface area contributed by atoms with Gasteiger partial charge in [-0.25, -0.2) is 17.9 Å². The van der Waals surface area contributed by atoms with Crippen LogP contribution in [0, 0.1) is 12.8 Å². The van der Waals surface area contributed by atoms with Crippen molar-refractivity contribution in [2.75, 3.05) is 13.2 Å². The van der Waals surface area contributed by atoms with E-state index in [2.05, 4.69) is 4.72 Å². The van der Waals surface area contributed by atoms with Crippen molar-refractivity contribution in [2.24, 2.45) is 11.7 Å². The van der Waals surface area contributed by atoms with E-state index in [1.165, 1.54) is 6.07 Å². The zero-order valence-corrected chi connectivity index (χ0v) is 16.3. The minimum absolute atomic E-state index is 0. The first kappa shape index (κ1) is 21.9. The summed E-state index contributed by atoms with van der Waals surface area (Å²) >= 11 is 0. The Morgan fingerprint density at radius 2 is 2.00 bits per heavy atom. The van der Waals surface area contributed by atoms with Gasteiger partial charge in [0.1, 0.15) is 0 Å². The first-order valence-electron chi connectivity index (χ1n) is 8.39. The fourth-order valence-electron chi connectivity index (χ4n) is 3.19. The first-order valence-corrected chi connectivity index (χ1v) is 9.87. The lowest BCUT2D eigenvalue weighted by Gasteiger charge is -2.23. The van der Waals surface area contributed by atoms with Crippen molar-refractivity contribution in [3.63, 3.8) is 0 Å². The van der Waals surface area contributed by atoms with Gasteiger partial charge in [-0.15, -0.1) is 12.4 Å². The summed E-state index contributed by atoms with van der Waals surface area (Å²) < 4.78 is 33.3. The van der Waals surface area contributed by atoms with Gasteiger partial charge in [0.2, 0.25) is 10.0 Å². The van der Waals surface area contributed by atoms with Crippen LogP contribution >= 0.6 is 12.4 Å². The number of carbonyl (C=O) groups is 1. The summed E-state index contributed by atoms with van der Waals surface area (Å²) in [5.41, 5.74) is 6.60. The largest absolute Gasteiger partial charge is 0.462 e. The van der Waals surface area contributed by atoms with Gasteiger partial charge in [-0.3, -0.25) is 0 Å². The number of esters is 1. The topological polar surface area (TPSA) is 98.5 Å². The van der Waals surface area contributed by atoms with Crippen molar-refractivity contribution < 1.29 is 17.9 Å². The Labute approximate surface area is 156 Å². The number of sulfonamides is 1. The van der Waals surface area contributed by atoms with E-state index in [1.54, 1.807) is 26.0 Å². The average molecular weight is 391 g/mol. The number of halogens is 1. The molecule has 1 aromatic carbocycles. The van der Waals surface area contributed by atoms with Crippen molar-refractivity contribution in [3.05, 3.63) is 29.3 Å². The first-order chi connectivity index (χ1) is 11.4. The Hall–Kier alpha value is -1.15. The smallest absolute Gasteiger partial charge is 0.338 e.